The summed E-state index contributed by atoms with van der Waals surface area (Å²) in [5, 5.41) is 31.2. The molecule has 4 aromatic heterocycles. The monoisotopic (exact) mass is 415 g/mol. The van der Waals surface area contributed by atoms with Gasteiger partial charge in [-0.05, 0) is 37.1 Å². The van der Waals surface area contributed by atoms with Crippen LogP contribution >= 0.6 is 0 Å². The van der Waals surface area contributed by atoms with E-state index < -0.39 is 0 Å². The Labute approximate surface area is 178 Å². The van der Waals surface area contributed by atoms with Crippen molar-refractivity contribution in [2.45, 2.75) is 37.5 Å². The number of methoxy groups -OCH3 is 1. The maximum Gasteiger partial charge on any atom is 0.0909 e. The van der Waals surface area contributed by atoms with Crippen LogP contribution in [0.5, 0.6) is 0 Å². The second kappa shape index (κ2) is 7.58. The SMILES string of the molecule is CO[C@H]1C[C@@](CC#N)(n2cc(-c3nc(-c4cc(CO)n[nH]4)cc4ncccc34)cn2)C1. The summed E-state index contributed by atoms with van der Waals surface area (Å²) in [4.78, 5) is 9.37. The van der Waals surface area contributed by atoms with Gasteiger partial charge in [0, 0.05) is 30.5 Å². The number of hydrogen-bond acceptors (Lipinski definition) is 7. The molecule has 156 valence electrons. The largest absolute Gasteiger partial charge is 0.390 e. The van der Waals surface area contributed by atoms with E-state index in [1.807, 2.05) is 29.1 Å². The van der Waals surface area contributed by atoms with Crippen LogP contribution in [0.3, 0.4) is 0 Å². The smallest absolute Gasteiger partial charge is 0.0909 e. The molecule has 0 atom stereocenters. The van der Waals surface area contributed by atoms with Crippen LogP contribution in [0.25, 0.3) is 33.5 Å². The van der Waals surface area contributed by atoms with Crippen LogP contribution in [0, 0.1) is 11.3 Å². The minimum absolute atomic E-state index is 0.147. The van der Waals surface area contributed by atoms with Gasteiger partial charge in [-0.2, -0.15) is 15.5 Å². The zero-order valence-corrected chi connectivity index (χ0v) is 17.0. The zero-order chi connectivity index (χ0) is 21.4. The molecule has 0 radical (unpaired) electrons. The fraction of sp³-hybridized carbons (Fsp3) is 0.318. The van der Waals surface area contributed by atoms with Gasteiger partial charge in [0.2, 0.25) is 0 Å². The van der Waals surface area contributed by atoms with Crippen molar-refractivity contribution in [2.24, 2.45) is 0 Å². The van der Waals surface area contributed by atoms with Crippen molar-refractivity contribution < 1.29 is 9.84 Å². The predicted molar refractivity (Wildman–Crippen MR) is 112 cm³/mol. The Hall–Kier alpha value is -3.61. The average Bonchev–Trinajstić information content (AvgIpc) is 3.45. The molecule has 1 saturated carbocycles. The molecule has 0 unspecified atom stereocenters. The molecule has 9 heteroatoms. The fourth-order valence-corrected chi connectivity index (χ4v) is 4.23. The number of fused-ring (bicyclic) bond motifs is 1. The number of rotatable bonds is 6. The summed E-state index contributed by atoms with van der Waals surface area (Å²) in [6, 6.07) is 9.82. The molecule has 0 aromatic carbocycles. The second-order valence-corrected chi connectivity index (χ2v) is 7.86. The molecule has 9 nitrogen and oxygen atoms in total. The number of aromatic nitrogens is 6. The molecular formula is C22H21N7O2. The van der Waals surface area contributed by atoms with Gasteiger partial charge in [-0.15, -0.1) is 0 Å². The minimum Gasteiger partial charge on any atom is -0.390 e. The standard InChI is InChI=1S/C22H21N7O2/c1-31-16-9-22(10-16,4-5-23)29-12-14(11-25-29)21-17-3-2-6-24-18(17)8-19(26-21)20-7-15(13-30)27-28-20/h2-3,6-8,11-12,16,30H,4,9-10,13H2,1H3,(H,27,28)/t16-,22+. The van der Waals surface area contributed by atoms with Gasteiger partial charge in [0.15, 0.2) is 0 Å². The molecule has 4 heterocycles. The van der Waals surface area contributed by atoms with Crippen molar-refractivity contribution in [3.63, 3.8) is 0 Å². The van der Waals surface area contributed by atoms with Crippen molar-refractivity contribution in [2.75, 3.05) is 7.11 Å². The number of aliphatic hydroxyl groups is 1. The number of pyridine rings is 2. The summed E-state index contributed by atoms with van der Waals surface area (Å²) in [6.45, 7) is -0.147. The molecule has 0 bridgehead atoms. The normalized spacial score (nSPS) is 20.5. The number of aliphatic hydroxyl groups excluding tert-OH is 1. The Kier molecular flexibility index (Phi) is 4.73. The fourth-order valence-electron chi connectivity index (χ4n) is 4.23. The number of H-pyrrole nitrogens is 1. The Morgan fingerprint density at radius 2 is 2.26 bits per heavy atom. The van der Waals surface area contributed by atoms with Gasteiger partial charge < -0.3 is 9.84 Å². The van der Waals surface area contributed by atoms with Crippen LogP contribution in [0.1, 0.15) is 25.0 Å². The second-order valence-electron chi connectivity index (χ2n) is 7.86. The van der Waals surface area contributed by atoms with E-state index in [2.05, 4.69) is 26.3 Å². The number of aromatic amines is 1. The molecule has 2 N–H and O–H groups in total. The first-order valence-electron chi connectivity index (χ1n) is 10.0. The molecule has 1 aliphatic carbocycles. The number of nitriles is 1. The van der Waals surface area contributed by atoms with E-state index in [-0.39, 0.29) is 18.2 Å². The molecule has 4 aromatic rings. The number of hydrogen-bond donors (Lipinski definition) is 2. The Bertz CT molecular complexity index is 1280. The number of nitrogens with one attached hydrogen (secondary N) is 1. The van der Waals surface area contributed by atoms with Gasteiger partial charge in [-0.1, -0.05) is 0 Å². The topological polar surface area (TPSA) is 126 Å². The highest BCUT2D eigenvalue weighted by atomic mass is 16.5. The van der Waals surface area contributed by atoms with E-state index in [9.17, 15) is 10.4 Å². The number of ether oxygens (including phenoxy) is 1. The minimum atomic E-state index is -0.348. The molecular weight excluding hydrogens is 394 g/mol. The number of nitrogens with zero attached hydrogens (tertiary/aromatic N) is 6. The lowest BCUT2D eigenvalue weighted by Gasteiger charge is -2.45. The van der Waals surface area contributed by atoms with Crippen LogP contribution in [0.2, 0.25) is 0 Å². The summed E-state index contributed by atoms with van der Waals surface area (Å²) in [5.41, 5.74) is 3.97. The first-order valence-corrected chi connectivity index (χ1v) is 10.0. The van der Waals surface area contributed by atoms with Crippen LogP contribution in [0.15, 0.2) is 42.9 Å². The summed E-state index contributed by atoms with van der Waals surface area (Å²) < 4.78 is 7.32. The first-order chi connectivity index (χ1) is 15.2. The quantitative estimate of drug-likeness (QED) is 0.496. The Morgan fingerprint density at radius 1 is 1.39 bits per heavy atom. The molecule has 0 amide bonds. The zero-order valence-electron chi connectivity index (χ0n) is 17.0. The van der Waals surface area contributed by atoms with E-state index >= 15 is 0 Å². The third-order valence-electron chi connectivity index (χ3n) is 5.97. The van der Waals surface area contributed by atoms with Crippen LogP contribution in [0.4, 0.5) is 0 Å². The average molecular weight is 415 g/mol. The molecule has 5 rings (SSSR count). The molecule has 0 aliphatic heterocycles. The third-order valence-corrected chi connectivity index (χ3v) is 5.97. The van der Waals surface area contributed by atoms with E-state index in [4.69, 9.17) is 9.72 Å². The highest BCUT2D eigenvalue weighted by Crippen LogP contribution is 2.44. The molecule has 1 fully saturated rings. The lowest BCUT2D eigenvalue weighted by atomic mass is 9.72. The van der Waals surface area contributed by atoms with Crippen molar-refractivity contribution in [3.8, 4) is 28.7 Å². The van der Waals surface area contributed by atoms with Gasteiger partial charge in [0.05, 0.1) is 65.2 Å². The third kappa shape index (κ3) is 3.26. The maximum atomic E-state index is 9.36. The highest BCUT2D eigenvalue weighted by Gasteiger charge is 2.47. The molecule has 0 spiro atoms. The lowest BCUT2D eigenvalue weighted by molar-refractivity contribution is -0.0542. The van der Waals surface area contributed by atoms with Crippen molar-refractivity contribution >= 4 is 10.9 Å². The summed E-state index contributed by atoms with van der Waals surface area (Å²) in [5.74, 6) is 0. The first kappa shape index (κ1) is 19.4. The predicted octanol–water partition coefficient (Wildman–Crippen LogP) is 2.79. The molecule has 31 heavy (non-hydrogen) atoms. The van der Waals surface area contributed by atoms with E-state index in [1.54, 1.807) is 25.6 Å². The molecule has 1 aliphatic rings. The van der Waals surface area contributed by atoms with E-state index in [0.717, 1.165) is 35.0 Å². The maximum absolute atomic E-state index is 9.36. The highest BCUT2D eigenvalue weighted by molar-refractivity contribution is 5.94. The van der Waals surface area contributed by atoms with E-state index in [0.29, 0.717) is 23.5 Å². The van der Waals surface area contributed by atoms with E-state index in [1.165, 1.54) is 0 Å². The summed E-state index contributed by atoms with van der Waals surface area (Å²) in [7, 11) is 1.70. The van der Waals surface area contributed by atoms with Crippen LogP contribution < -0.4 is 0 Å². The molecule has 0 saturated heterocycles. The lowest BCUT2D eigenvalue weighted by Crippen LogP contribution is -2.50. The van der Waals surface area contributed by atoms with Crippen molar-refractivity contribution in [1.82, 2.24) is 29.9 Å². The Morgan fingerprint density at radius 3 is 3.00 bits per heavy atom. The van der Waals surface area contributed by atoms with Crippen LogP contribution in [-0.2, 0) is 16.9 Å². The summed E-state index contributed by atoms with van der Waals surface area (Å²) >= 11 is 0. The van der Waals surface area contributed by atoms with Gasteiger partial charge in [0.1, 0.15) is 0 Å². The summed E-state index contributed by atoms with van der Waals surface area (Å²) in [6.07, 6.45) is 7.51. The van der Waals surface area contributed by atoms with Gasteiger partial charge in [-0.25, -0.2) is 4.98 Å². The van der Waals surface area contributed by atoms with Gasteiger partial charge >= 0.3 is 0 Å². The van der Waals surface area contributed by atoms with Crippen molar-refractivity contribution in [1.29, 1.82) is 5.26 Å². The van der Waals surface area contributed by atoms with Gasteiger partial charge in [0.25, 0.3) is 0 Å². The Balaban J connectivity index is 1.60. The van der Waals surface area contributed by atoms with Crippen molar-refractivity contribution in [3.05, 3.63) is 48.5 Å². The van der Waals surface area contributed by atoms with Crippen LogP contribution in [-0.4, -0.2) is 48.3 Å². The van der Waals surface area contributed by atoms with Gasteiger partial charge in [-0.3, -0.25) is 14.8 Å².